The van der Waals surface area contributed by atoms with Crippen molar-refractivity contribution in [3.05, 3.63) is 46.9 Å². The van der Waals surface area contributed by atoms with Gasteiger partial charge in [-0.3, -0.25) is 14.6 Å². The number of benzene rings is 1. The minimum Gasteiger partial charge on any atom is -0.463 e. The molecule has 1 N–H and O–H groups in total. The number of amides is 3. The summed E-state index contributed by atoms with van der Waals surface area (Å²) < 4.78 is 23.9. The molecule has 1 aromatic carbocycles. The molecule has 2 aliphatic rings. The predicted octanol–water partition coefficient (Wildman–Crippen LogP) is 1.91. The molecule has 186 valence electrons. The van der Waals surface area contributed by atoms with Crippen LogP contribution in [0.1, 0.15) is 32.4 Å². The van der Waals surface area contributed by atoms with E-state index in [0.717, 1.165) is 0 Å². The van der Waals surface area contributed by atoms with Gasteiger partial charge in [0.05, 0.1) is 18.2 Å². The van der Waals surface area contributed by atoms with Crippen LogP contribution in [0.3, 0.4) is 0 Å². The minimum atomic E-state index is -0.757. The first-order chi connectivity index (χ1) is 16.3. The fourth-order valence-corrected chi connectivity index (χ4v) is 4.53. The van der Waals surface area contributed by atoms with Gasteiger partial charge in [-0.1, -0.05) is 12.1 Å². The Bertz CT molecular complexity index is 936. The third-order valence-corrected chi connectivity index (χ3v) is 6.13. The number of halogens is 1. The molecule has 2 atom stereocenters. The Morgan fingerprint density at radius 3 is 2.47 bits per heavy atom. The van der Waals surface area contributed by atoms with E-state index in [9.17, 15) is 18.8 Å². The van der Waals surface area contributed by atoms with Crippen LogP contribution in [-0.4, -0.2) is 91.7 Å². The third kappa shape index (κ3) is 5.56. The number of carbonyl (C=O) groups excluding carboxylic acids is 3. The van der Waals surface area contributed by atoms with Crippen LogP contribution in [0, 0.1) is 5.82 Å². The van der Waals surface area contributed by atoms with Gasteiger partial charge in [0, 0.05) is 51.6 Å². The van der Waals surface area contributed by atoms with Crippen molar-refractivity contribution >= 4 is 17.9 Å². The molecule has 0 spiro atoms. The van der Waals surface area contributed by atoms with Gasteiger partial charge in [0.15, 0.2) is 0 Å². The average molecular weight is 477 g/mol. The molecule has 0 bridgehead atoms. The summed E-state index contributed by atoms with van der Waals surface area (Å²) in [5.74, 6) is -0.991. The van der Waals surface area contributed by atoms with E-state index in [2.05, 4.69) is 10.2 Å². The molecule has 1 fully saturated rings. The van der Waals surface area contributed by atoms with Crippen LogP contribution < -0.4 is 5.32 Å². The second-order valence-corrected chi connectivity index (χ2v) is 8.36. The Kier molecular flexibility index (Phi) is 8.62. The lowest BCUT2D eigenvalue weighted by Gasteiger charge is -2.42. The highest BCUT2D eigenvalue weighted by Gasteiger charge is 2.39. The highest BCUT2D eigenvalue weighted by atomic mass is 19.1. The molecule has 2 unspecified atom stereocenters. The second-order valence-electron chi connectivity index (χ2n) is 8.36. The van der Waals surface area contributed by atoms with Gasteiger partial charge in [0.1, 0.15) is 12.4 Å². The lowest BCUT2D eigenvalue weighted by atomic mass is 9.94. The summed E-state index contributed by atoms with van der Waals surface area (Å²) in [4.78, 5) is 43.9. The predicted molar refractivity (Wildman–Crippen MR) is 123 cm³/mol. The van der Waals surface area contributed by atoms with Gasteiger partial charge in [-0.15, -0.1) is 0 Å². The number of esters is 1. The maximum atomic E-state index is 13.5. The van der Waals surface area contributed by atoms with Gasteiger partial charge in [0.25, 0.3) is 0 Å². The highest BCUT2D eigenvalue weighted by Crippen LogP contribution is 2.32. The molecule has 2 aliphatic heterocycles. The third-order valence-electron chi connectivity index (χ3n) is 6.13. The van der Waals surface area contributed by atoms with Crippen molar-refractivity contribution in [3.8, 4) is 0 Å². The van der Waals surface area contributed by atoms with Crippen LogP contribution in [0.25, 0.3) is 0 Å². The molecule has 0 saturated carbocycles. The largest absolute Gasteiger partial charge is 0.463 e. The van der Waals surface area contributed by atoms with Crippen LogP contribution >= 0.6 is 0 Å². The van der Waals surface area contributed by atoms with Crippen molar-refractivity contribution in [1.82, 2.24) is 20.0 Å². The van der Waals surface area contributed by atoms with Gasteiger partial charge in [0.2, 0.25) is 5.91 Å². The Labute approximate surface area is 199 Å². The van der Waals surface area contributed by atoms with Crippen LogP contribution in [-0.2, 0) is 19.1 Å². The smallest absolute Gasteiger partial charge is 0.338 e. The SMILES string of the molecule is CCOC(=O)C1=C(CN2CCN(C(=O)COC)C(C)C2)N(CC)C(=O)NC1c1ccc(F)cc1. The Hall–Kier alpha value is -2.98. The molecule has 34 heavy (non-hydrogen) atoms. The number of nitrogens with one attached hydrogen (secondary N) is 1. The molecular formula is C24H33FN4O5. The zero-order chi connectivity index (χ0) is 24.8. The number of ether oxygens (including phenoxy) is 2. The van der Waals surface area contributed by atoms with Crippen molar-refractivity contribution in [2.24, 2.45) is 0 Å². The molecule has 9 nitrogen and oxygen atoms in total. The molecule has 2 heterocycles. The fourth-order valence-electron chi connectivity index (χ4n) is 4.53. The number of nitrogens with zero attached hydrogens (tertiary/aromatic N) is 3. The van der Waals surface area contributed by atoms with E-state index in [4.69, 9.17) is 9.47 Å². The zero-order valence-electron chi connectivity index (χ0n) is 20.2. The Balaban J connectivity index is 1.95. The maximum absolute atomic E-state index is 13.5. The molecule has 0 aliphatic carbocycles. The van der Waals surface area contributed by atoms with Crippen LogP contribution in [0.15, 0.2) is 35.5 Å². The monoisotopic (exact) mass is 476 g/mol. The van der Waals surface area contributed by atoms with Gasteiger partial charge in [-0.2, -0.15) is 0 Å². The van der Waals surface area contributed by atoms with Crippen molar-refractivity contribution in [2.45, 2.75) is 32.9 Å². The lowest BCUT2D eigenvalue weighted by Crippen LogP contribution is -2.57. The van der Waals surface area contributed by atoms with Crippen molar-refractivity contribution < 1.29 is 28.2 Å². The fraction of sp³-hybridized carbons (Fsp3) is 0.542. The van der Waals surface area contributed by atoms with Crippen molar-refractivity contribution in [1.29, 1.82) is 0 Å². The van der Waals surface area contributed by atoms with Gasteiger partial charge in [-0.25, -0.2) is 14.0 Å². The summed E-state index contributed by atoms with van der Waals surface area (Å²) >= 11 is 0. The number of hydrogen-bond donors (Lipinski definition) is 1. The molecular weight excluding hydrogens is 443 g/mol. The van der Waals surface area contributed by atoms with Crippen LogP contribution in [0.5, 0.6) is 0 Å². The van der Waals surface area contributed by atoms with E-state index in [1.807, 2.05) is 13.8 Å². The van der Waals surface area contributed by atoms with Gasteiger partial charge >= 0.3 is 12.0 Å². The molecule has 1 saturated heterocycles. The normalized spacial score (nSPS) is 21.5. The molecule has 3 amide bonds. The Morgan fingerprint density at radius 1 is 1.18 bits per heavy atom. The molecule has 1 aromatic rings. The van der Waals surface area contributed by atoms with E-state index in [-0.39, 0.29) is 31.2 Å². The summed E-state index contributed by atoms with van der Waals surface area (Å²) in [6.07, 6.45) is 0. The topological polar surface area (TPSA) is 91.4 Å². The summed E-state index contributed by atoms with van der Waals surface area (Å²) in [6.45, 7) is 8.13. The number of urea groups is 1. The van der Waals surface area contributed by atoms with E-state index in [0.29, 0.717) is 49.6 Å². The van der Waals surface area contributed by atoms with Gasteiger partial charge in [-0.05, 0) is 38.5 Å². The second kappa shape index (κ2) is 11.4. The maximum Gasteiger partial charge on any atom is 0.338 e. The lowest BCUT2D eigenvalue weighted by molar-refractivity contribution is -0.139. The van der Waals surface area contributed by atoms with Crippen LogP contribution in [0.2, 0.25) is 0 Å². The van der Waals surface area contributed by atoms with E-state index < -0.39 is 17.8 Å². The molecule has 0 radical (unpaired) electrons. The number of methoxy groups -OCH3 is 1. The minimum absolute atomic E-state index is 0.0334. The van der Waals surface area contributed by atoms with E-state index >= 15 is 0 Å². The molecule has 3 rings (SSSR count). The van der Waals surface area contributed by atoms with E-state index in [1.165, 1.54) is 19.2 Å². The summed E-state index contributed by atoms with van der Waals surface area (Å²) in [5.41, 5.74) is 1.48. The first-order valence-electron chi connectivity index (χ1n) is 11.5. The number of piperazine rings is 1. The van der Waals surface area contributed by atoms with Crippen molar-refractivity contribution in [3.63, 3.8) is 0 Å². The first kappa shape index (κ1) is 25.6. The molecule has 10 heteroatoms. The number of rotatable bonds is 8. The Morgan fingerprint density at radius 2 is 1.88 bits per heavy atom. The summed E-state index contributed by atoms with van der Waals surface area (Å²) in [5, 5.41) is 2.88. The standard InChI is InChI=1S/C24H33FN4O5/c1-5-28-19(14-27-11-12-29(16(3)13-27)20(30)15-33-4)21(23(31)34-6-2)22(26-24(28)32)17-7-9-18(25)10-8-17/h7-10,16,22H,5-6,11-15H2,1-4H3,(H,26,32). The average Bonchev–Trinajstić information content (AvgIpc) is 2.79. The quantitative estimate of drug-likeness (QED) is 0.577. The zero-order valence-corrected chi connectivity index (χ0v) is 20.2. The number of hydrogen-bond acceptors (Lipinski definition) is 6. The number of carbonyl (C=O) groups is 3. The van der Waals surface area contributed by atoms with Gasteiger partial charge < -0.3 is 19.7 Å². The van der Waals surface area contributed by atoms with Crippen molar-refractivity contribution in [2.75, 3.05) is 53.0 Å². The summed E-state index contributed by atoms with van der Waals surface area (Å²) in [7, 11) is 1.49. The molecule has 0 aromatic heterocycles. The first-order valence-corrected chi connectivity index (χ1v) is 11.5. The number of likely N-dealkylation sites (N-methyl/N-ethyl adjacent to an activating group) is 1. The van der Waals surface area contributed by atoms with E-state index in [1.54, 1.807) is 28.9 Å². The van der Waals surface area contributed by atoms with Crippen LogP contribution in [0.4, 0.5) is 9.18 Å². The highest BCUT2D eigenvalue weighted by molar-refractivity contribution is 5.95. The summed E-state index contributed by atoms with van der Waals surface area (Å²) in [6, 6.07) is 4.57.